The summed E-state index contributed by atoms with van der Waals surface area (Å²) in [7, 11) is 0. The van der Waals surface area contributed by atoms with E-state index < -0.39 is 0 Å². The molecule has 1 aromatic heterocycles. The zero-order chi connectivity index (χ0) is 12.1. The summed E-state index contributed by atoms with van der Waals surface area (Å²) in [4.78, 5) is 13.7. The highest BCUT2D eigenvalue weighted by Crippen LogP contribution is 2.21. The summed E-state index contributed by atoms with van der Waals surface area (Å²) in [5.74, 6) is 0.865. The van der Waals surface area contributed by atoms with Gasteiger partial charge in [-0.05, 0) is 31.9 Å². The minimum Gasteiger partial charge on any atom is -0.466 e. The third kappa shape index (κ3) is 2.93. The molecule has 0 saturated carbocycles. The second kappa shape index (κ2) is 5.61. The number of nitrogens with zero attached hydrogens (tertiary/aromatic N) is 3. The van der Waals surface area contributed by atoms with Crippen molar-refractivity contribution in [2.24, 2.45) is 5.92 Å². The second-order valence-corrected chi connectivity index (χ2v) is 4.10. The van der Waals surface area contributed by atoms with Gasteiger partial charge in [0.25, 0.3) is 0 Å². The number of rotatable bonds is 3. The lowest BCUT2D eigenvalue weighted by atomic mass is 9.97. The van der Waals surface area contributed by atoms with Gasteiger partial charge in [-0.25, -0.2) is 0 Å². The topological polar surface area (TPSA) is 55.3 Å². The first kappa shape index (κ1) is 11.8. The summed E-state index contributed by atoms with van der Waals surface area (Å²) >= 11 is 0. The highest BCUT2D eigenvalue weighted by atomic mass is 16.5. The molecule has 0 amide bonds. The third-order valence-corrected chi connectivity index (χ3v) is 3.00. The molecular formula is C12H17N3O2. The van der Waals surface area contributed by atoms with Gasteiger partial charge in [0.05, 0.1) is 12.5 Å². The monoisotopic (exact) mass is 235 g/mol. The van der Waals surface area contributed by atoms with E-state index in [9.17, 15) is 4.79 Å². The van der Waals surface area contributed by atoms with E-state index in [2.05, 4.69) is 15.1 Å². The van der Waals surface area contributed by atoms with Crippen molar-refractivity contribution in [1.82, 2.24) is 10.2 Å². The number of carbonyl (C=O) groups excluding carboxylic acids is 1. The third-order valence-electron chi connectivity index (χ3n) is 3.00. The predicted molar refractivity (Wildman–Crippen MR) is 63.6 cm³/mol. The van der Waals surface area contributed by atoms with Gasteiger partial charge >= 0.3 is 5.97 Å². The number of ether oxygens (including phenoxy) is 1. The van der Waals surface area contributed by atoms with E-state index in [1.54, 1.807) is 6.20 Å². The first-order valence-electron chi connectivity index (χ1n) is 6.00. The smallest absolute Gasteiger partial charge is 0.309 e. The predicted octanol–water partition coefficient (Wildman–Crippen LogP) is 1.26. The quantitative estimate of drug-likeness (QED) is 0.738. The van der Waals surface area contributed by atoms with Gasteiger partial charge in [-0.2, -0.15) is 5.10 Å². The van der Waals surface area contributed by atoms with Crippen LogP contribution in [0.1, 0.15) is 19.8 Å². The van der Waals surface area contributed by atoms with E-state index >= 15 is 0 Å². The van der Waals surface area contributed by atoms with Gasteiger partial charge in [-0.1, -0.05) is 0 Å². The van der Waals surface area contributed by atoms with Crippen LogP contribution in [-0.4, -0.2) is 35.9 Å². The van der Waals surface area contributed by atoms with Crippen LogP contribution in [0, 0.1) is 5.92 Å². The van der Waals surface area contributed by atoms with E-state index in [4.69, 9.17) is 4.74 Å². The molecule has 1 aliphatic heterocycles. The molecule has 0 radical (unpaired) electrons. The van der Waals surface area contributed by atoms with Crippen molar-refractivity contribution in [3.05, 3.63) is 18.3 Å². The maximum Gasteiger partial charge on any atom is 0.309 e. The molecule has 0 unspecified atom stereocenters. The molecule has 1 fully saturated rings. The van der Waals surface area contributed by atoms with E-state index in [1.807, 2.05) is 19.1 Å². The molecule has 5 heteroatoms. The average Bonchev–Trinajstić information content (AvgIpc) is 2.40. The molecule has 1 saturated heterocycles. The van der Waals surface area contributed by atoms with Crippen LogP contribution in [-0.2, 0) is 9.53 Å². The number of anilines is 1. The van der Waals surface area contributed by atoms with Crippen molar-refractivity contribution >= 4 is 11.8 Å². The lowest BCUT2D eigenvalue weighted by molar-refractivity contribution is -0.148. The van der Waals surface area contributed by atoms with Crippen LogP contribution in [0.3, 0.4) is 0 Å². The zero-order valence-electron chi connectivity index (χ0n) is 10.0. The Labute approximate surface area is 101 Å². The Balaban J connectivity index is 1.88. The Morgan fingerprint density at radius 1 is 1.53 bits per heavy atom. The van der Waals surface area contributed by atoms with E-state index in [1.165, 1.54) is 0 Å². The highest BCUT2D eigenvalue weighted by molar-refractivity contribution is 5.72. The molecule has 0 N–H and O–H groups in total. The van der Waals surface area contributed by atoms with Crippen LogP contribution in [0.5, 0.6) is 0 Å². The molecule has 0 aromatic carbocycles. The molecule has 17 heavy (non-hydrogen) atoms. The van der Waals surface area contributed by atoms with Crippen LogP contribution in [0.15, 0.2) is 18.3 Å². The highest BCUT2D eigenvalue weighted by Gasteiger charge is 2.26. The molecule has 2 rings (SSSR count). The van der Waals surface area contributed by atoms with Gasteiger partial charge in [-0.15, -0.1) is 5.10 Å². The largest absolute Gasteiger partial charge is 0.466 e. The minimum absolute atomic E-state index is 0.0443. The Morgan fingerprint density at radius 2 is 2.29 bits per heavy atom. The molecule has 5 nitrogen and oxygen atoms in total. The Kier molecular flexibility index (Phi) is 3.90. The molecule has 2 heterocycles. The standard InChI is InChI=1S/C12H17N3O2/c1-2-17-12(16)10-5-8-15(9-6-10)11-4-3-7-13-14-11/h3-4,7,10H,2,5-6,8-9H2,1H3. The van der Waals surface area contributed by atoms with Crippen LogP contribution >= 0.6 is 0 Å². The van der Waals surface area contributed by atoms with Crippen molar-refractivity contribution in [1.29, 1.82) is 0 Å². The lowest BCUT2D eigenvalue weighted by Crippen LogP contribution is -2.37. The van der Waals surface area contributed by atoms with E-state index in [0.717, 1.165) is 31.7 Å². The van der Waals surface area contributed by atoms with E-state index in [0.29, 0.717) is 6.61 Å². The molecule has 0 spiro atoms. The first-order valence-corrected chi connectivity index (χ1v) is 6.00. The maximum atomic E-state index is 11.6. The summed E-state index contributed by atoms with van der Waals surface area (Å²) in [5, 5.41) is 7.93. The zero-order valence-corrected chi connectivity index (χ0v) is 10.0. The fourth-order valence-corrected chi connectivity index (χ4v) is 2.07. The van der Waals surface area contributed by atoms with E-state index in [-0.39, 0.29) is 11.9 Å². The summed E-state index contributed by atoms with van der Waals surface area (Å²) in [5.41, 5.74) is 0. The molecule has 0 atom stereocenters. The number of piperidine rings is 1. The normalized spacial score (nSPS) is 16.9. The van der Waals surface area contributed by atoms with Crippen molar-refractivity contribution < 1.29 is 9.53 Å². The molecule has 0 aliphatic carbocycles. The van der Waals surface area contributed by atoms with Gasteiger partial charge < -0.3 is 9.64 Å². The molecule has 1 aliphatic rings. The fraction of sp³-hybridized carbons (Fsp3) is 0.583. The van der Waals surface area contributed by atoms with Crippen LogP contribution in [0.2, 0.25) is 0 Å². The molecule has 92 valence electrons. The summed E-state index contributed by atoms with van der Waals surface area (Å²) < 4.78 is 5.04. The molecular weight excluding hydrogens is 218 g/mol. The summed E-state index contributed by atoms with van der Waals surface area (Å²) in [6, 6.07) is 3.82. The summed E-state index contributed by atoms with van der Waals surface area (Å²) in [6.07, 6.45) is 3.32. The fourth-order valence-electron chi connectivity index (χ4n) is 2.07. The van der Waals surface area contributed by atoms with Gasteiger partial charge in [0.1, 0.15) is 0 Å². The number of esters is 1. The Bertz CT molecular complexity index is 361. The number of aromatic nitrogens is 2. The van der Waals surface area contributed by atoms with Gasteiger partial charge in [0.15, 0.2) is 5.82 Å². The maximum absolute atomic E-state index is 11.6. The minimum atomic E-state index is -0.0636. The molecule has 0 bridgehead atoms. The van der Waals surface area contributed by atoms with Crippen LogP contribution < -0.4 is 4.90 Å². The Hall–Kier alpha value is -1.65. The van der Waals surface area contributed by atoms with Crippen molar-refractivity contribution in [2.75, 3.05) is 24.6 Å². The lowest BCUT2D eigenvalue weighted by Gasteiger charge is -2.31. The Morgan fingerprint density at radius 3 is 2.88 bits per heavy atom. The summed E-state index contributed by atoms with van der Waals surface area (Å²) in [6.45, 7) is 3.97. The van der Waals surface area contributed by atoms with Crippen LogP contribution in [0.25, 0.3) is 0 Å². The number of carbonyl (C=O) groups is 1. The van der Waals surface area contributed by atoms with Crippen molar-refractivity contribution in [2.45, 2.75) is 19.8 Å². The van der Waals surface area contributed by atoms with Crippen LogP contribution in [0.4, 0.5) is 5.82 Å². The average molecular weight is 235 g/mol. The SMILES string of the molecule is CCOC(=O)C1CCN(c2cccnn2)CC1. The van der Waals surface area contributed by atoms with Crippen molar-refractivity contribution in [3.63, 3.8) is 0 Å². The van der Waals surface area contributed by atoms with Crippen molar-refractivity contribution in [3.8, 4) is 0 Å². The number of hydrogen-bond donors (Lipinski definition) is 0. The second-order valence-electron chi connectivity index (χ2n) is 4.10. The number of hydrogen-bond acceptors (Lipinski definition) is 5. The van der Waals surface area contributed by atoms with Gasteiger partial charge in [0.2, 0.25) is 0 Å². The first-order chi connectivity index (χ1) is 8.31. The molecule has 1 aromatic rings. The van der Waals surface area contributed by atoms with Gasteiger partial charge in [-0.3, -0.25) is 4.79 Å². The van der Waals surface area contributed by atoms with Gasteiger partial charge in [0, 0.05) is 19.3 Å².